The van der Waals surface area contributed by atoms with Crippen molar-refractivity contribution in [3.8, 4) is 0 Å². The molecule has 1 N–H and O–H groups in total. The lowest BCUT2D eigenvalue weighted by molar-refractivity contribution is 0.134. The minimum absolute atomic E-state index is 0.0559. The second-order valence-electron chi connectivity index (χ2n) is 4.72. The van der Waals surface area contributed by atoms with Gasteiger partial charge in [0.05, 0.1) is 24.7 Å². The first-order chi connectivity index (χ1) is 8.12. The molecule has 2 heterocycles. The van der Waals surface area contributed by atoms with Crippen LogP contribution in [0.1, 0.15) is 17.5 Å². The first-order valence-corrected chi connectivity index (χ1v) is 7.61. The summed E-state index contributed by atoms with van der Waals surface area (Å²) in [6, 6.07) is 6.17. The molecule has 1 unspecified atom stereocenters. The van der Waals surface area contributed by atoms with Crippen LogP contribution in [0.5, 0.6) is 0 Å². The zero-order valence-electron chi connectivity index (χ0n) is 9.48. The van der Waals surface area contributed by atoms with E-state index in [0.717, 1.165) is 5.69 Å². The Morgan fingerprint density at radius 3 is 2.82 bits per heavy atom. The highest BCUT2D eigenvalue weighted by Crippen LogP contribution is 2.25. The largest absolute Gasteiger partial charge is 0.381 e. The van der Waals surface area contributed by atoms with Crippen LogP contribution in [0.4, 0.5) is 5.69 Å². The Bertz CT molecular complexity index is 539. The molecule has 3 rings (SSSR count). The van der Waals surface area contributed by atoms with E-state index in [1.807, 2.05) is 12.1 Å². The first-order valence-electron chi connectivity index (χ1n) is 5.79. The SMILES string of the molecule is O=S1(=O)CCC(Nc2ccc3c(c2)COC3)C1. The van der Waals surface area contributed by atoms with Gasteiger partial charge in [0.15, 0.2) is 9.84 Å². The number of fused-ring (bicyclic) bond motifs is 1. The van der Waals surface area contributed by atoms with Gasteiger partial charge in [-0.3, -0.25) is 0 Å². The Morgan fingerprint density at radius 2 is 2.06 bits per heavy atom. The van der Waals surface area contributed by atoms with Crippen LogP contribution >= 0.6 is 0 Å². The van der Waals surface area contributed by atoms with Crippen molar-refractivity contribution in [2.24, 2.45) is 0 Å². The molecular weight excluding hydrogens is 238 g/mol. The van der Waals surface area contributed by atoms with Crippen molar-refractivity contribution in [1.82, 2.24) is 0 Å². The Labute approximate surface area is 101 Å². The van der Waals surface area contributed by atoms with Crippen LogP contribution in [0, 0.1) is 0 Å². The minimum Gasteiger partial charge on any atom is -0.381 e. The van der Waals surface area contributed by atoms with E-state index in [9.17, 15) is 8.42 Å². The Balaban J connectivity index is 1.74. The highest BCUT2D eigenvalue weighted by atomic mass is 32.2. The molecule has 0 aliphatic carbocycles. The molecule has 1 aromatic rings. The molecule has 17 heavy (non-hydrogen) atoms. The van der Waals surface area contributed by atoms with Gasteiger partial charge in [-0.2, -0.15) is 0 Å². The van der Waals surface area contributed by atoms with E-state index in [2.05, 4.69) is 11.4 Å². The number of hydrogen-bond acceptors (Lipinski definition) is 4. The lowest BCUT2D eigenvalue weighted by Gasteiger charge is -2.13. The van der Waals surface area contributed by atoms with Crippen molar-refractivity contribution >= 4 is 15.5 Å². The summed E-state index contributed by atoms with van der Waals surface area (Å²) >= 11 is 0. The van der Waals surface area contributed by atoms with Gasteiger partial charge in [0.2, 0.25) is 0 Å². The zero-order valence-corrected chi connectivity index (χ0v) is 10.3. The van der Waals surface area contributed by atoms with Gasteiger partial charge in [-0.15, -0.1) is 0 Å². The summed E-state index contributed by atoms with van der Waals surface area (Å²) in [6.45, 7) is 1.35. The van der Waals surface area contributed by atoms with Crippen molar-refractivity contribution in [2.75, 3.05) is 16.8 Å². The molecule has 1 atom stereocenters. The van der Waals surface area contributed by atoms with E-state index in [-0.39, 0.29) is 11.8 Å². The molecule has 2 aliphatic rings. The second kappa shape index (κ2) is 3.99. The third kappa shape index (κ3) is 2.30. The first kappa shape index (κ1) is 11.0. The monoisotopic (exact) mass is 253 g/mol. The third-order valence-corrected chi connectivity index (χ3v) is 5.09. The van der Waals surface area contributed by atoms with Gasteiger partial charge < -0.3 is 10.1 Å². The van der Waals surface area contributed by atoms with Crippen LogP contribution < -0.4 is 5.32 Å². The lowest BCUT2D eigenvalue weighted by atomic mass is 10.1. The molecule has 1 fully saturated rings. The number of nitrogens with one attached hydrogen (secondary N) is 1. The van der Waals surface area contributed by atoms with Crippen LogP contribution in [0.3, 0.4) is 0 Å². The van der Waals surface area contributed by atoms with Gasteiger partial charge in [0.1, 0.15) is 0 Å². The Morgan fingerprint density at radius 1 is 1.24 bits per heavy atom. The molecule has 4 nitrogen and oxygen atoms in total. The van der Waals surface area contributed by atoms with Crippen molar-refractivity contribution in [2.45, 2.75) is 25.7 Å². The molecular formula is C12H15NO3S. The van der Waals surface area contributed by atoms with Crippen molar-refractivity contribution in [3.63, 3.8) is 0 Å². The molecule has 0 spiro atoms. The Hall–Kier alpha value is -1.07. The minimum atomic E-state index is -2.81. The maximum atomic E-state index is 11.4. The smallest absolute Gasteiger partial charge is 0.152 e. The van der Waals surface area contributed by atoms with Crippen LogP contribution in [-0.4, -0.2) is 26.0 Å². The maximum absolute atomic E-state index is 11.4. The summed E-state index contributed by atoms with van der Waals surface area (Å²) in [4.78, 5) is 0. The molecule has 0 radical (unpaired) electrons. The highest BCUT2D eigenvalue weighted by Gasteiger charge is 2.27. The summed E-state index contributed by atoms with van der Waals surface area (Å²) in [5.74, 6) is 0.555. The molecule has 1 saturated heterocycles. The van der Waals surface area contributed by atoms with Gasteiger partial charge in [0, 0.05) is 11.7 Å². The van der Waals surface area contributed by atoms with Gasteiger partial charge in [-0.05, 0) is 29.7 Å². The van der Waals surface area contributed by atoms with Gasteiger partial charge in [-0.1, -0.05) is 6.07 Å². The van der Waals surface area contributed by atoms with Crippen LogP contribution in [0.15, 0.2) is 18.2 Å². The highest BCUT2D eigenvalue weighted by molar-refractivity contribution is 7.91. The van der Waals surface area contributed by atoms with Gasteiger partial charge in [-0.25, -0.2) is 8.42 Å². The number of sulfone groups is 1. The van der Waals surface area contributed by atoms with E-state index >= 15 is 0 Å². The standard InChI is InChI=1S/C12H15NO3S/c14-17(15)4-3-12(8-17)13-11-2-1-9-6-16-7-10(9)5-11/h1-2,5,12-13H,3-4,6-8H2. The molecule has 0 amide bonds. The average molecular weight is 253 g/mol. The van der Waals surface area contributed by atoms with E-state index in [0.29, 0.717) is 25.4 Å². The molecule has 2 aliphatic heterocycles. The Kier molecular flexibility index (Phi) is 2.60. The maximum Gasteiger partial charge on any atom is 0.152 e. The fourth-order valence-corrected chi connectivity index (χ4v) is 4.08. The van der Waals surface area contributed by atoms with Crippen molar-refractivity contribution in [1.29, 1.82) is 0 Å². The van der Waals surface area contributed by atoms with Crippen LogP contribution in [-0.2, 0) is 27.8 Å². The van der Waals surface area contributed by atoms with Crippen LogP contribution in [0.2, 0.25) is 0 Å². The quantitative estimate of drug-likeness (QED) is 0.863. The van der Waals surface area contributed by atoms with Crippen LogP contribution in [0.25, 0.3) is 0 Å². The third-order valence-electron chi connectivity index (χ3n) is 3.32. The van der Waals surface area contributed by atoms with E-state index < -0.39 is 9.84 Å². The second-order valence-corrected chi connectivity index (χ2v) is 6.95. The van der Waals surface area contributed by atoms with E-state index in [4.69, 9.17) is 4.74 Å². The molecule has 92 valence electrons. The molecule has 0 saturated carbocycles. The molecule has 0 aromatic heterocycles. The topological polar surface area (TPSA) is 55.4 Å². The van der Waals surface area contributed by atoms with Gasteiger partial charge in [0.25, 0.3) is 0 Å². The predicted octanol–water partition coefficient (Wildman–Crippen LogP) is 1.32. The fourth-order valence-electron chi connectivity index (χ4n) is 2.41. The summed E-state index contributed by atoms with van der Waals surface area (Å²) in [6.07, 6.45) is 0.704. The number of benzene rings is 1. The number of ether oxygens (including phenoxy) is 1. The normalized spacial score (nSPS) is 25.8. The molecule has 1 aromatic carbocycles. The molecule has 0 bridgehead atoms. The average Bonchev–Trinajstić information content (AvgIpc) is 2.84. The molecule has 5 heteroatoms. The predicted molar refractivity (Wildman–Crippen MR) is 65.6 cm³/mol. The number of anilines is 1. The fraction of sp³-hybridized carbons (Fsp3) is 0.500. The summed E-state index contributed by atoms with van der Waals surface area (Å²) in [5.41, 5.74) is 3.43. The van der Waals surface area contributed by atoms with Crippen molar-refractivity contribution in [3.05, 3.63) is 29.3 Å². The van der Waals surface area contributed by atoms with Gasteiger partial charge >= 0.3 is 0 Å². The number of hydrogen-bond donors (Lipinski definition) is 1. The summed E-state index contributed by atoms with van der Waals surface area (Å²) < 4.78 is 28.1. The van der Waals surface area contributed by atoms with E-state index in [1.165, 1.54) is 11.1 Å². The van der Waals surface area contributed by atoms with E-state index in [1.54, 1.807) is 0 Å². The van der Waals surface area contributed by atoms with Crippen molar-refractivity contribution < 1.29 is 13.2 Å². The summed E-state index contributed by atoms with van der Waals surface area (Å²) in [5, 5.41) is 3.29. The summed E-state index contributed by atoms with van der Waals surface area (Å²) in [7, 11) is -2.81. The number of rotatable bonds is 2. The lowest BCUT2D eigenvalue weighted by Crippen LogP contribution is -2.20. The zero-order chi connectivity index (χ0) is 11.9.